The number of sulfone groups is 1. The van der Waals surface area contributed by atoms with Crippen molar-refractivity contribution in [1.82, 2.24) is 14.5 Å². The largest absolute Gasteiger partial charge is 0.353 e. The molecule has 34 heavy (non-hydrogen) atoms. The molecule has 2 aromatic heterocycles. The Labute approximate surface area is 196 Å². The van der Waals surface area contributed by atoms with E-state index in [2.05, 4.69) is 20.3 Å². The number of halogens is 1. The maximum Gasteiger partial charge on any atom is 0.177 e. The van der Waals surface area contributed by atoms with E-state index in [1.54, 1.807) is 30.7 Å². The average Bonchev–Trinajstić information content (AvgIpc) is 3.14. The van der Waals surface area contributed by atoms with Crippen LogP contribution in [0.3, 0.4) is 0 Å². The van der Waals surface area contributed by atoms with Gasteiger partial charge in [0.05, 0.1) is 51.8 Å². The zero-order valence-electron chi connectivity index (χ0n) is 19.0. The Balaban J connectivity index is 1.54. The van der Waals surface area contributed by atoms with E-state index in [-0.39, 0.29) is 23.5 Å². The van der Waals surface area contributed by atoms with E-state index in [9.17, 15) is 17.6 Å². The molecule has 1 saturated carbocycles. The van der Waals surface area contributed by atoms with Gasteiger partial charge in [-0.15, -0.1) is 0 Å². The van der Waals surface area contributed by atoms with Gasteiger partial charge in [-0.1, -0.05) is 6.07 Å². The lowest BCUT2D eigenvalue weighted by molar-refractivity contribution is -0.120. The number of carbonyl (C=O) groups is 1. The molecule has 1 aromatic carbocycles. The lowest BCUT2D eigenvalue weighted by Gasteiger charge is -2.16. The number of imidazole rings is 1. The van der Waals surface area contributed by atoms with E-state index in [0.717, 1.165) is 23.2 Å². The van der Waals surface area contributed by atoms with E-state index in [4.69, 9.17) is 0 Å². The minimum absolute atomic E-state index is 0.0322. The summed E-state index contributed by atoms with van der Waals surface area (Å²) >= 11 is 0. The number of fused-ring (bicyclic) bond motifs is 1. The van der Waals surface area contributed by atoms with E-state index in [0.29, 0.717) is 34.9 Å². The molecule has 3 aromatic rings. The maximum atomic E-state index is 13.3. The number of nitrogens with zero attached hydrogens (tertiary/aromatic N) is 4. The molecule has 0 saturated heterocycles. The minimum Gasteiger partial charge on any atom is -0.353 e. The lowest BCUT2D eigenvalue weighted by atomic mass is 10.1. The maximum absolute atomic E-state index is 13.3. The molecule has 5 rings (SSSR count). The molecule has 1 fully saturated rings. The molecular weight excluding hydrogens is 457 g/mol. The number of aliphatic imine (C=N–C) groups is 1. The molecule has 0 radical (unpaired) electrons. The average molecular weight is 482 g/mol. The normalized spacial score (nSPS) is 19.0. The Hall–Kier alpha value is -3.40. The summed E-state index contributed by atoms with van der Waals surface area (Å²) in [7, 11) is -1.74. The molecule has 0 bridgehead atoms. The SMILES string of the molecule is CC1=Nc2c(Nc3ccc(-c4cncn4C)cc3S(C)(=O)=O)cc(CC(=O)[C@@H]3C[C@@H]3F)nc2C1. The number of carbonyl (C=O) groups excluding carboxylic acids is 1. The van der Waals surface area contributed by atoms with E-state index in [1.807, 2.05) is 24.6 Å². The molecule has 2 aliphatic rings. The number of anilines is 2. The second-order valence-corrected chi connectivity index (χ2v) is 11.0. The summed E-state index contributed by atoms with van der Waals surface area (Å²) in [6.45, 7) is 1.89. The van der Waals surface area contributed by atoms with Crippen LogP contribution in [0.15, 0.2) is 46.7 Å². The van der Waals surface area contributed by atoms with Gasteiger partial charge in [0.15, 0.2) is 9.84 Å². The van der Waals surface area contributed by atoms with Crippen molar-refractivity contribution in [2.24, 2.45) is 18.0 Å². The Morgan fingerprint density at radius 1 is 1.26 bits per heavy atom. The number of rotatable bonds is 7. The first-order chi connectivity index (χ1) is 16.1. The van der Waals surface area contributed by atoms with Crippen LogP contribution in [0.4, 0.5) is 21.5 Å². The highest BCUT2D eigenvalue weighted by Gasteiger charge is 2.43. The number of ketones is 1. The first kappa shape index (κ1) is 22.4. The van der Waals surface area contributed by atoms with Gasteiger partial charge >= 0.3 is 0 Å². The van der Waals surface area contributed by atoms with E-state index >= 15 is 0 Å². The number of hydrogen-bond donors (Lipinski definition) is 1. The van der Waals surface area contributed by atoms with Crippen molar-refractivity contribution in [3.05, 3.63) is 48.2 Å². The molecule has 0 amide bonds. The third-order valence-electron chi connectivity index (χ3n) is 6.09. The summed E-state index contributed by atoms with van der Waals surface area (Å²) in [5.41, 5.74) is 5.19. The molecule has 0 spiro atoms. The van der Waals surface area contributed by atoms with Crippen molar-refractivity contribution in [1.29, 1.82) is 0 Å². The number of nitrogens with one attached hydrogen (secondary N) is 1. The zero-order chi connectivity index (χ0) is 24.2. The van der Waals surface area contributed by atoms with Gasteiger partial charge in [0.2, 0.25) is 0 Å². The van der Waals surface area contributed by atoms with Crippen LogP contribution in [0.1, 0.15) is 24.7 Å². The van der Waals surface area contributed by atoms with Gasteiger partial charge in [-0.05, 0) is 31.5 Å². The van der Waals surface area contributed by atoms with Gasteiger partial charge in [0.25, 0.3) is 0 Å². The predicted molar refractivity (Wildman–Crippen MR) is 127 cm³/mol. The number of hydrogen-bond acceptors (Lipinski definition) is 7. The molecule has 0 unspecified atom stereocenters. The fraction of sp³-hybridized carbons (Fsp3) is 0.333. The number of aromatic nitrogens is 3. The Kier molecular flexibility index (Phi) is 5.35. The molecule has 8 nitrogen and oxygen atoms in total. The minimum atomic E-state index is -3.58. The van der Waals surface area contributed by atoms with Gasteiger partial charge < -0.3 is 9.88 Å². The lowest BCUT2D eigenvalue weighted by Crippen LogP contribution is -2.10. The fourth-order valence-corrected chi connectivity index (χ4v) is 5.09. The molecule has 1 aliphatic carbocycles. The smallest absolute Gasteiger partial charge is 0.177 e. The van der Waals surface area contributed by atoms with Gasteiger partial charge in [0, 0.05) is 37.4 Å². The number of aryl methyl sites for hydroxylation is 1. The molecule has 1 N–H and O–H groups in total. The molecule has 1 aliphatic heterocycles. The number of benzene rings is 1. The van der Waals surface area contributed by atoms with E-state index in [1.165, 1.54) is 0 Å². The summed E-state index contributed by atoms with van der Waals surface area (Å²) in [6, 6.07) is 6.85. The van der Waals surface area contributed by atoms with Crippen molar-refractivity contribution in [2.75, 3.05) is 11.6 Å². The van der Waals surface area contributed by atoms with E-state index < -0.39 is 21.9 Å². The first-order valence-corrected chi connectivity index (χ1v) is 12.8. The number of Topliss-reactive ketones (excluding diaryl/α,β-unsaturated/α-hetero) is 1. The summed E-state index contributed by atoms with van der Waals surface area (Å²) < 4.78 is 40.5. The van der Waals surface area contributed by atoms with Crippen LogP contribution in [-0.4, -0.2) is 46.9 Å². The standard InChI is InChI=1S/C24H24FN5O3S/c1-13-6-19-24(27-13)20(8-15(28-19)9-22(31)16-10-17(16)25)29-18-5-4-14(7-23(18)34(3,32)33)21-11-26-12-30(21)2/h4-5,7-8,11-12,16-17H,6,9-10H2,1-3H3,(H,28,29)/t16-,17+/m1/s1. The monoisotopic (exact) mass is 481 g/mol. The van der Waals surface area contributed by atoms with Crippen molar-refractivity contribution < 1.29 is 17.6 Å². The first-order valence-electron chi connectivity index (χ1n) is 10.9. The molecule has 10 heteroatoms. The van der Waals surface area contributed by atoms with Crippen LogP contribution >= 0.6 is 0 Å². The van der Waals surface area contributed by atoms with Crippen molar-refractivity contribution in [3.63, 3.8) is 0 Å². The van der Waals surface area contributed by atoms with Crippen molar-refractivity contribution in [3.8, 4) is 11.3 Å². The summed E-state index contributed by atoms with van der Waals surface area (Å²) in [5, 5.41) is 3.22. The van der Waals surface area contributed by atoms with Crippen LogP contribution in [0.25, 0.3) is 11.3 Å². The van der Waals surface area contributed by atoms with Crippen molar-refractivity contribution >= 4 is 38.4 Å². The third-order valence-corrected chi connectivity index (χ3v) is 7.22. The molecule has 176 valence electrons. The Morgan fingerprint density at radius 3 is 2.68 bits per heavy atom. The van der Waals surface area contributed by atoms with Gasteiger partial charge in [-0.25, -0.2) is 17.8 Å². The summed E-state index contributed by atoms with van der Waals surface area (Å²) in [5.74, 6) is -0.709. The molecule has 2 atom stereocenters. The van der Waals surface area contributed by atoms with Crippen LogP contribution in [0.5, 0.6) is 0 Å². The highest BCUT2D eigenvalue weighted by atomic mass is 32.2. The summed E-state index contributed by atoms with van der Waals surface area (Å²) in [4.78, 5) is 25.8. The second-order valence-electron chi connectivity index (χ2n) is 8.98. The highest BCUT2D eigenvalue weighted by molar-refractivity contribution is 7.90. The number of alkyl halides is 1. The summed E-state index contributed by atoms with van der Waals surface area (Å²) in [6.07, 6.45) is 4.28. The van der Waals surface area contributed by atoms with Gasteiger partial charge in [0.1, 0.15) is 17.6 Å². The van der Waals surface area contributed by atoms with Gasteiger partial charge in [-0.3, -0.25) is 14.8 Å². The van der Waals surface area contributed by atoms with Crippen molar-refractivity contribution in [2.45, 2.75) is 37.3 Å². The Morgan fingerprint density at radius 2 is 2.03 bits per heavy atom. The third kappa shape index (κ3) is 4.25. The second kappa shape index (κ2) is 8.12. The van der Waals surface area contributed by atoms with Crippen LogP contribution in [-0.2, 0) is 34.5 Å². The molecule has 3 heterocycles. The predicted octanol–water partition coefficient (Wildman–Crippen LogP) is 3.75. The van der Waals surface area contributed by atoms with Crippen LogP contribution in [0.2, 0.25) is 0 Å². The number of pyridine rings is 1. The van der Waals surface area contributed by atoms with Gasteiger partial charge in [-0.2, -0.15) is 0 Å². The Bertz CT molecular complexity index is 1460. The quantitative estimate of drug-likeness (QED) is 0.551. The van der Waals surface area contributed by atoms with Crippen LogP contribution in [0, 0.1) is 5.92 Å². The highest BCUT2D eigenvalue weighted by Crippen LogP contribution is 2.39. The zero-order valence-corrected chi connectivity index (χ0v) is 19.9. The topological polar surface area (TPSA) is 106 Å². The molecular formula is C24H24FN5O3S. The fourth-order valence-electron chi connectivity index (χ4n) is 4.23. The van der Waals surface area contributed by atoms with Crippen LogP contribution < -0.4 is 5.32 Å².